The molecule has 1 aromatic heterocycles. The first-order valence-corrected chi connectivity index (χ1v) is 8.36. The zero-order valence-corrected chi connectivity index (χ0v) is 14.5. The first-order chi connectivity index (χ1) is 11.6. The SMILES string of the molecule is CC(NC(=O)CCc1cncn1C)c1ccc(Cl)c2ccccc12. The van der Waals surface area contributed by atoms with Gasteiger partial charge in [0, 0.05) is 35.8 Å². The molecule has 4 nitrogen and oxygen atoms in total. The van der Waals surface area contributed by atoms with Gasteiger partial charge >= 0.3 is 0 Å². The van der Waals surface area contributed by atoms with Gasteiger partial charge in [-0.2, -0.15) is 0 Å². The number of fused-ring (bicyclic) bond motifs is 1. The summed E-state index contributed by atoms with van der Waals surface area (Å²) < 4.78 is 1.93. The standard InChI is InChI=1S/C19H20ClN3O/c1-13(22-19(24)10-7-14-11-21-12-23(14)2)15-8-9-18(20)17-6-4-3-5-16(15)17/h3-6,8-9,11-13H,7,10H2,1-2H3,(H,22,24). The number of imidazole rings is 1. The minimum Gasteiger partial charge on any atom is -0.350 e. The van der Waals surface area contributed by atoms with E-state index in [4.69, 9.17) is 11.6 Å². The minimum absolute atomic E-state index is 0.0303. The van der Waals surface area contributed by atoms with Crippen molar-refractivity contribution in [1.29, 1.82) is 0 Å². The van der Waals surface area contributed by atoms with Gasteiger partial charge < -0.3 is 9.88 Å². The number of halogens is 1. The van der Waals surface area contributed by atoms with E-state index in [1.165, 1.54) is 0 Å². The van der Waals surface area contributed by atoms with Crippen LogP contribution in [0.2, 0.25) is 5.02 Å². The molecule has 1 heterocycles. The molecule has 3 rings (SSSR count). The molecule has 0 fully saturated rings. The highest BCUT2D eigenvalue weighted by molar-refractivity contribution is 6.35. The molecule has 2 aromatic carbocycles. The number of aryl methyl sites for hydroxylation is 2. The summed E-state index contributed by atoms with van der Waals surface area (Å²) in [6.45, 7) is 2.00. The Morgan fingerprint density at radius 3 is 2.71 bits per heavy atom. The van der Waals surface area contributed by atoms with Gasteiger partial charge in [-0.25, -0.2) is 4.98 Å². The van der Waals surface area contributed by atoms with Crippen molar-refractivity contribution in [3.63, 3.8) is 0 Å². The van der Waals surface area contributed by atoms with Gasteiger partial charge in [0.1, 0.15) is 0 Å². The van der Waals surface area contributed by atoms with Crippen LogP contribution >= 0.6 is 11.6 Å². The van der Waals surface area contributed by atoms with E-state index >= 15 is 0 Å². The van der Waals surface area contributed by atoms with Crippen molar-refractivity contribution in [3.8, 4) is 0 Å². The van der Waals surface area contributed by atoms with Crippen molar-refractivity contribution in [2.45, 2.75) is 25.8 Å². The van der Waals surface area contributed by atoms with Gasteiger partial charge in [-0.1, -0.05) is 41.9 Å². The summed E-state index contributed by atoms with van der Waals surface area (Å²) in [5.41, 5.74) is 2.12. The molecule has 0 saturated heterocycles. The number of benzene rings is 2. The first kappa shape index (κ1) is 16.5. The van der Waals surface area contributed by atoms with Crippen LogP contribution in [0.1, 0.15) is 30.6 Å². The Morgan fingerprint density at radius 1 is 1.25 bits per heavy atom. The second-order valence-corrected chi connectivity index (χ2v) is 6.37. The molecule has 0 aliphatic heterocycles. The molecule has 1 N–H and O–H groups in total. The Morgan fingerprint density at radius 2 is 2.00 bits per heavy atom. The molecule has 5 heteroatoms. The van der Waals surface area contributed by atoms with Crippen molar-refractivity contribution in [2.24, 2.45) is 7.05 Å². The van der Waals surface area contributed by atoms with E-state index in [9.17, 15) is 4.79 Å². The Balaban J connectivity index is 1.71. The second kappa shape index (κ2) is 7.05. The fourth-order valence-electron chi connectivity index (χ4n) is 2.92. The highest BCUT2D eigenvalue weighted by Crippen LogP contribution is 2.29. The molecule has 24 heavy (non-hydrogen) atoms. The van der Waals surface area contributed by atoms with Crippen LogP contribution in [0, 0.1) is 0 Å². The van der Waals surface area contributed by atoms with E-state index in [0.29, 0.717) is 12.8 Å². The summed E-state index contributed by atoms with van der Waals surface area (Å²) in [6, 6.07) is 11.8. The third-order valence-electron chi connectivity index (χ3n) is 4.27. The summed E-state index contributed by atoms with van der Waals surface area (Å²) in [5.74, 6) is 0.0303. The number of nitrogens with one attached hydrogen (secondary N) is 1. The summed E-state index contributed by atoms with van der Waals surface area (Å²) >= 11 is 6.27. The van der Waals surface area contributed by atoms with Crippen molar-refractivity contribution in [2.75, 3.05) is 0 Å². The first-order valence-electron chi connectivity index (χ1n) is 7.98. The van der Waals surface area contributed by atoms with Crippen molar-refractivity contribution in [1.82, 2.24) is 14.9 Å². The van der Waals surface area contributed by atoms with Gasteiger partial charge in [0.15, 0.2) is 0 Å². The average molecular weight is 342 g/mol. The lowest BCUT2D eigenvalue weighted by molar-refractivity contribution is -0.121. The number of nitrogens with zero attached hydrogens (tertiary/aromatic N) is 2. The van der Waals surface area contributed by atoms with Crippen LogP contribution < -0.4 is 5.32 Å². The highest BCUT2D eigenvalue weighted by Gasteiger charge is 2.14. The van der Waals surface area contributed by atoms with E-state index in [1.807, 2.05) is 54.9 Å². The van der Waals surface area contributed by atoms with Crippen LogP contribution in [-0.4, -0.2) is 15.5 Å². The topological polar surface area (TPSA) is 46.9 Å². The summed E-state index contributed by atoms with van der Waals surface area (Å²) in [4.78, 5) is 16.3. The molecule has 3 aromatic rings. The second-order valence-electron chi connectivity index (χ2n) is 5.97. The van der Waals surface area contributed by atoms with Crippen molar-refractivity contribution < 1.29 is 4.79 Å². The van der Waals surface area contributed by atoms with Crippen LogP contribution in [0.4, 0.5) is 0 Å². The zero-order valence-electron chi connectivity index (χ0n) is 13.8. The molecule has 0 radical (unpaired) electrons. The average Bonchev–Trinajstić information content (AvgIpc) is 2.98. The van der Waals surface area contributed by atoms with Crippen LogP contribution in [0.3, 0.4) is 0 Å². The van der Waals surface area contributed by atoms with Crippen LogP contribution in [0.25, 0.3) is 10.8 Å². The Hall–Kier alpha value is -2.33. The molecule has 124 valence electrons. The number of aromatic nitrogens is 2. The number of amides is 1. The molecule has 0 saturated carbocycles. The number of hydrogen-bond donors (Lipinski definition) is 1. The Bertz CT molecular complexity index is 872. The molecule has 0 spiro atoms. The Kier molecular flexibility index (Phi) is 4.86. The molecule has 1 amide bonds. The summed E-state index contributed by atoms with van der Waals surface area (Å²) in [7, 11) is 1.93. The van der Waals surface area contributed by atoms with Gasteiger partial charge in [-0.15, -0.1) is 0 Å². The van der Waals surface area contributed by atoms with Gasteiger partial charge in [-0.3, -0.25) is 4.79 Å². The van der Waals surface area contributed by atoms with Gasteiger partial charge in [-0.05, 0) is 30.4 Å². The maximum Gasteiger partial charge on any atom is 0.220 e. The van der Waals surface area contributed by atoms with E-state index in [1.54, 1.807) is 12.5 Å². The van der Waals surface area contributed by atoms with Crippen LogP contribution in [0.15, 0.2) is 48.9 Å². The largest absolute Gasteiger partial charge is 0.350 e. The highest BCUT2D eigenvalue weighted by atomic mass is 35.5. The van der Waals surface area contributed by atoms with Crippen LogP contribution in [-0.2, 0) is 18.3 Å². The van der Waals surface area contributed by atoms with E-state index in [0.717, 1.165) is 27.1 Å². The molecular weight excluding hydrogens is 322 g/mol. The number of carbonyl (C=O) groups excluding carboxylic acids is 1. The maximum absolute atomic E-state index is 12.3. The lowest BCUT2D eigenvalue weighted by atomic mass is 9.99. The third-order valence-corrected chi connectivity index (χ3v) is 4.60. The Labute approximate surface area is 146 Å². The van der Waals surface area contributed by atoms with Crippen LogP contribution in [0.5, 0.6) is 0 Å². The van der Waals surface area contributed by atoms with Crippen molar-refractivity contribution in [3.05, 3.63) is 65.2 Å². The molecule has 0 aliphatic rings. The molecule has 0 bridgehead atoms. The smallest absolute Gasteiger partial charge is 0.220 e. The van der Waals surface area contributed by atoms with E-state index in [-0.39, 0.29) is 11.9 Å². The number of hydrogen-bond acceptors (Lipinski definition) is 2. The fourth-order valence-corrected chi connectivity index (χ4v) is 3.15. The van der Waals surface area contributed by atoms with Gasteiger partial charge in [0.05, 0.1) is 12.4 Å². The maximum atomic E-state index is 12.3. The predicted octanol–water partition coefficient (Wildman–Crippen LogP) is 4.04. The van der Waals surface area contributed by atoms with E-state index < -0.39 is 0 Å². The monoisotopic (exact) mass is 341 g/mol. The fraction of sp³-hybridized carbons (Fsp3) is 0.263. The summed E-state index contributed by atoms with van der Waals surface area (Å²) in [5, 5.41) is 5.88. The molecular formula is C19H20ClN3O. The third kappa shape index (κ3) is 3.44. The molecule has 0 aliphatic carbocycles. The van der Waals surface area contributed by atoms with E-state index in [2.05, 4.69) is 10.3 Å². The van der Waals surface area contributed by atoms with Gasteiger partial charge in [0.25, 0.3) is 0 Å². The quantitative estimate of drug-likeness (QED) is 0.761. The minimum atomic E-state index is -0.0776. The number of carbonyl (C=O) groups is 1. The lowest BCUT2D eigenvalue weighted by Gasteiger charge is -2.17. The number of rotatable bonds is 5. The summed E-state index contributed by atoms with van der Waals surface area (Å²) in [6.07, 6.45) is 4.66. The lowest BCUT2D eigenvalue weighted by Crippen LogP contribution is -2.27. The van der Waals surface area contributed by atoms with Gasteiger partial charge in [0.2, 0.25) is 5.91 Å². The zero-order chi connectivity index (χ0) is 17.1. The molecule has 1 atom stereocenters. The predicted molar refractivity (Wildman–Crippen MR) is 97.0 cm³/mol. The van der Waals surface area contributed by atoms with Crippen molar-refractivity contribution >= 4 is 28.3 Å². The normalized spacial score (nSPS) is 12.3. The molecule has 1 unspecified atom stereocenters.